The van der Waals surface area contributed by atoms with Crippen LogP contribution in [0.3, 0.4) is 0 Å². The van der Waals surface area contributed by atoms with Crippen molar-refractivity contribution in [2.24, 2.45) is 5.41 Å². The van der Waals surface area contributed by atoms with Crippen LogP contribution >= 0.6 is 0 Å². The zero-order valence-electron chi connectivity index (χ0n) is 15.7. The lowest BCUT2D eigenvalue weighted by Crippen LogP contribution is -2.52. The minimum Gasteiger partial charge on any atom is -0.490 e. The van der Waals surface area contributed by atoms with Crippen molar-refractivity contribution in [1.29, 1.82) is 0 Å². The van der Waals surface area contributed by atoms with E-state index in [2.05, 4.69) is 0 Å². The average molecular weight is 361 g/mol. The van der Waals surface area contributed by atoms with Gasteiger partial charge in [0.2, 0.25) is 0 Å². The molecule has 1 fully saturated rings. The number of nitrogens with zero attached hydrogens (tertiary/aromatic N) is 1. The number of carboxylic acid groups (broad SMARTS) is 1. The lowest BCUT2D eigenvalue weighted by Gasteiger charge is -2.39. The summed E-state index contributed by atoms with van der Waals surface area (Å²) in [4.78, 5) is 26.2. The van der Waals surface area contributed by atoms with Crippen LogP contribution in [0, 0.1) is 5.41 Å². The molecule has 1 N–H and O–H groups in total. The second kappa shape index (κ2) is 8.85. The Morgan fingerprint density at radius 2 is 2.12 bits per heavy atom. The monoisotopic (exact) mass is 361 g/mol. The Morgan fingerprint density at radius 3 is 2.77 bits per heavy atom. The smallest absolute Gasteiger partial charge is 0.313 e. The highest BCUT2D eigenvalue weighted by Crippen LogP contribution is 2.31. The van der Waals surface area contributed by atoms with Crippen LogP contribution in [-0.4, -0.2) is 55.3 Å². The molecule has 0 aromatic heterocycles. The van der Waals surface area contributed by atoms with E-state index in [-0.39, 0.29) is 19.1 Å². The number of benzene rings is 1. The highest BCUT2D eigenvalue weighted by atomic mass is 16.5. The molecular formula is C20H27NO5. The summed E-state index contributed by atoms with van der Waals surface area (Å²) in [6.07, 6.45) is 3.11. The van der Waals surface area contributed by atoms with Gasteiger partial charge in [0.15, 0.2) is 0 Å². The first-order valence-corrected chi connectivity index (χ1v) is 8.76. The highest BCUT2D eigenvalue weighted by Gasteiger charge is 2.44. The van der Waals surface area contributed by atoms with E-state index < -0.39 is 11.4 Å². The molecule has 6 heteroatoms. The quantitative estimate of drug-likeness (QED) is 0.756. The summed E-state index contributed by atoms with van der Waals surface area (Å²) in [7, 11) is 1.48. The molecule has 1 aliphatic rings. The van der Waals surface area contributed by atoms with E-state index in [1.165, 1.54) is 7.11 Å². The molecule has 0 radical (unpaired) electrons. The van der Waals surface area contributed by atoms with Crippen LogP contribution < -0.4 is 4.74 Å². The standard InChI is InChI=1S/C20H27NO5/c1-15(2)8-11-26-17-7-4-6-16(12-17)18(22)21-10-5-9-20(13-21,14-25-3)19(23)24/h4,6-8,12H,5,9-11,13-14H2,1-3H3,(H,23,24). The van der Waals surface area contributed by atoms with E-state index in [0.29, 0.717) is 37.3 Å². The third-order valence-corrected chi connectivity index (χ3v) is 4.56. The number of hydrogen-bond donors (Lipinski definition) is 1. The molecule has 0 bridgehead atoms. The fourth-order valence-corrected chi connectivity index (χ4v) is 3.14. The third-order valence-electron chi connectivity index (χ3n) is 4.56. The number of carbonyl (C=O) groups excluding carboxylic acids is 1. The SMILES string of the molecule is COCC1(C(=O)O)CCCN(C(=O)c2cccc(OCC=C(C)C)c2)C1. The summed E-state index contributed by atoms with van der Waals surface area (Å²) in [6.45, 7) is 5.22. The molecule has 2 rings (SSSR count). The molecule has 1 aliphatic heterocycles. The van der Waals surface area contributed by atoms with Crippen LogP contribution in [-0.2, 0) is 9.53 Å². The van der Waals surface area contributed by atoms with Crippen LogP contribution in [0.15, 0.2) is 35.9 Å². The molecule has 1 heterocycles. The first kappa shape index (κ1) is 20.0. The van der Waals surface area contributed by atoms with Crippen molar-refractivity contribution in [3.63, 3.8) is 0 Å². The Labute approximate surface area is 154 Å². The van der Waals surface area contributed by atoms with Gasteiger partial charge in [0.25, 0.3) is 5.91 Å². The van der Waals surface area contributed by atoms with Crippen molar-refractivity contribution >= 4 is 11.9 Å². The number of likely N-dealkylation sites (tertiary alicyclic amines) is 1. The van der Waals surface area contributed by atoms with Gasteiger partial charge < -0.3 is 19.5 Å². The Balaban J connectivity index is 2.12. The summed E-state index contributed by atoms with van der Waals surface area (Å²) in [5, 5.41) is 9.63. The van der Waals surface area contributed by atoms with Crippen LogP contribution in [0.25, 0.3) is 0 Å². The van der Waals surface area contributed by atoms with Crippen molar-refractivity contribution in [3.8, 4) is 5.75 Å². The number of methoxy groups -OCH3 is 1. The maximum absolute atomic E-state index is 12.9. The summed E-state index contributed by atoms with van der Waals surface area (Å²) >= 11 is 0. The number of carboxylic acids is 1. The number of aliphatic carboxylic acids is 1. The number of piperidine rings is 1. The van der Waals surface area contributed by atoms with Gasteiger partial charge in [-0.25, -0.2) is 0 Å². The van der Waals surface area contributed by atoms with Gasteiger partial charge in [-0.05, 0) is 51.0 Å². The van der Waals surface area contributed by atoms with Crippen LogP contribution in [0.2, 0.25) is 0 Å². The van der Waals surface area contributed by atoms with Crippen molar-refractivity contribution < 1.29 is 24.2 Å². The van der Waals surface area contributed by atoms with Gasteiger partial charge >= 0.3 is 5.97 Å². The minimum absolute atomic E-state index is 0.0952. The Hall–Kier alpha value is -2.34. The summed E-state index contributed by atoms with van der Waals surface area (Å²) in [6, 6.07) is 7.00. The highest BCUT2D eigenvalue weighted by molar-refractivity contribution is 5.95. The topological polar surface area (TPSA) is 76.1 Å². The van der Waals surface area contributed by atoms with Crippen LogP contribution in [0.1, 0.15) is 37.0 Å². The molecule has 1 atom stereocenters. The number of allylic oxidation sites excluding steroid dienone is 1. The maximum atomic E-state index is 12.9. The predicted octanol–water partition coefficient (Wildman–Crippen LogP) is 2.99. The minimum atomic E-state index is -1.04. The van der Waals surface area contributed by atoms with Gasteiger partial charge in [0.1, 0.15) is 17.8 Å². The number of amides is 1. The molecule has 1 amide bonds. The average Bonchev–Trinajstić information content (AvgIpc) is 2.61. The van der Waals surface area contributed by atoms with E-state index in [1.54, 1.807) is 29.2 Å². The number of rotatable bonds is 7. The molecule has 1 aromatic carbocycles. The number of ether oxygens (including phenoxy) is 2. The normalized spacial score (nSPS) is 19.7. The lowest BCUT2D eigenvalue weighted by atomic mass is 9.80. The Morgan fingerprint density at radius 1 is 1.35 bits per heavy atom. The van der Waals surface area contributed by atoms with E-state index in [0.717, 1.165) is 5.57 Å². The van der Waals surface area contributed by atoms with E-state index in [1.807, 2.05) is 19.9 Å². The maximum Gasteiger partial charge on any atom is 0.313 e. The van der Waals surface area contributed by atoms with Gasteiger partial charge in [0, 0.05) is 25.8 Å². The first-order valence-electron chi connectivity index (χ1n) is 8.76. The Bertz CT molecular complexity index is 677. The second-order valence-corrected chi connectivity index (χ2v) is 6.97. The molecule has 26 heavy (non-hydrogen) atoms. The van der Waals surface area contributed by atoms with Gasteiger partial charge in [0.05, 0.1) is 6.61 Å². The molecule has 6 nitrogen and oxygen atoms in total. The van der Waals surface area contributed by atoms with Gasteiger partial charge in [-0.2, -0.15) is 0 Å². The zero-order valence-corrected chi connectivity index (χ0v) is 15.7. The van der Waals surface area contributed by atoms with Crippen molar-refractivity contribution in [2.45, 2.75) is 26.7 Å². The van der Waals surface area contributed by atoms with E-state index in [9.17, 15) is 14.7 Å². The molecule has 1 saturated heterocycles. The molecule has 0 spiro atoms. The van der Waals surface area contributed by atoms with Crippen LogP contribution in [0.5, 0.6) is 5.75 Å². The second-order valence-electron chi connectivity index (χ2n) is 6.97. The van der Waals surface area contributed by atoms with Crippen molar-refractivity contribution in [1.82, 2.24) is 4.90 Å². The Kier molecular flexibility index (Phi) is 6.80. The summed E-state index contributed by atoms with van der Waals surface area (Å²) < 4.78 is 10.8. The number of carbonyl (C=O) groups is 2. The molecule has 1 aromatic rings. The molecular weight excluding hydrogens is 334 g/mol. The van der Waals surface area contributed by atoms with Gasteiger partial charge in [-0.1, -0.05) is 11.6 Å². The molecule has 0 aliphatic carbocycles. The van der Waals surface area contributed by atoms with Crippen molar-refractivity contribution in [2.75, 3.05) is 33.4 Å². The van der Waals surface area contributed by atoms with E-state index in [4.69, 9.17) is 9.47 Å². The molecule has 142 valence electrons. The van der Waals surface area contributed by atoms with E-state index >= 15 is 0 Å². The van der Waals surface area contributed by atoms with Gasteiger partial charge in [-0.3, -0.25) is 9.59 Å². The van der Waals surface area contributed by atoms with Crippen molar-refractivity contribution in [3.05, 3.63) is 41.5 Å². The first-order chi connectivity index (χ1) is 12.4. The summed E-state index contributed by atoms with van der Waals surface area (Å²) in [5.74, 6) is -0.485. The van der Waals surface area contributed by atoms with Gasteiger partial charge in [-0.15, -0.1) is 0 Å². The third kappa shape index (κ3) is 4.85. The predicted molar refractivity (Wildman–Crippen MR) is 98.5 cm³/mol. The number of hydrogen-bond acceptors (Lipinski definition) is 4. The lowest BCUT2D eigenvalue weighted by molar-refractivity contribution is -0.155. The largest absolute Gasteiger partial charge is 0.490 e. The molecule has 0 saturated carbocycles. The fourth-order valence-electron chi connectivity index (χ4n) is 3.14. The van der Waals surface area contributed by atoms with Crippen LogP contribution in [0.4, 0.5) is 0 Å². The fraction of sp³-hybridized carbons (Fsp3) is 0.500. The molecule has 1 unspecified atom stereocenters. The summed E-state index contributed by atoms with van der Waals surface area (Å²) in [5.41, 5.74) is 0.618. The zero-order chi connectivity index (χ0) is 19.2.